The predicted molar refractivity (Wildman–Crippen MR) is 105 cm³/mol. The lowest BCUT2D eigenvalue weighted by atomic mass is 10.2. The highest BCUT2D eigenvalue weighted by Crippen LogP contribution is 2.31. The van der Waals surface area contributed by atoms with E-state index in [1.54, 1.807) is 13.2 Å². The summed E-state index contributed by atoms with van der Waals surface area (Å²) in [5, 5.41) is 5.87. The Hall–Kier alpha value is -2.93. The summed E-state index contributed by atoms with van der Waals surface area (Å²) in [6.07, 6.45) is 1.17. The van der Waals surface area contributed by atoms with Gasteiger partial charge in [-0.3, -0.25) is 4.79 Å². The first-order chi connectivity index (χ1) is 12.6. The number of methoxy groups -OCH3 is 1. The number of thiocarbonyl (C=S) groups is 1. The van der Waals surface area contributed by atoms with Crippen molar-refractivity contribution >= 4 is 40.0 Å². The molecular weight excluding hydrogens is 350 g/mol. The van der Waals surface area contributed by atoms with Gasteiger partial charge in [-0.05, 0) is 49.0 Å². The van der Waals surface area contributed by atoms with Crippen molar-refractivity contribution in [3.8, 4) is 17.2 Å². The van der Waals surface area contributed by atoms with E-state index in [9.17, 15) is 4.79 Å². The Kier molecular flexibility index (Phi) is 5.48. The smallest absolute Gasteiger partial charge is 0.227 e. The second kappa shape index (κ2) is 7.97. The van der Waals surface area contributed by atoms with Gasteiger partial charge in [-0.2, -0.15) is 0 Å². The molecule has 26 heavy (non-hydrogen) atoms. The van der Waals surface area contributed by atoms with Crippen LogP contribution in [0.3, 0.4) is 0 Å². The maximum absolute atomic E-state index is 11.7. The van der Waals surface area contributed by atoms with Crippen LogP contribution >= 0.6 is 12.2 Å². The number of hydrogen-bond donors (Lipinski definition) is 2. The van der Waals surface area contributed by atoms with E-state index < -0.39 is 0 Å². The molecule has 0 aliphatic rings. The van der Waals surface area contributed by atoms with Gasteiger partial charge in [-0.1, -0.05) is 19.1 Å². The Bertz CT molecular complexity index is 919. The van der Waals surface area contributed by atoms with E-state index in [0.29, 0.717) is 23.7 Å². The van der Waals surface area contributed by atoms with Crippen LogP contribution in [0.5, 0.6) is 5.75 Å². The molecule has 0 aliphatic carbocycles. The summed E-state index contributed by atoms with van der Waals surface area (Å²) in [7, 11) is 1.57. The van der Waals surface area contributed by atoms with Crippen molar-refractivity contribution in [1.82, 2.24) is 10.3 Å². The van der Waals surface area contributed by atoms with Crippen LogP contribution in [0, 0.1) is 0 Å². The molecule has 0 saturated heterocycles. The first kappa shape index (κ1) is 17.9. The number of para-hydroxylation sites is 2. The SMILES string of the molecule is CCCC(=O)NC(=S)Nc1cc(-c2nc3ccccc3o2)ccc1OC. The van der Waals surface area contributed by atoms with Crippen molar-refractivity contribution in [3.05, 3.63) is 42.5 Å². The van der Waals surface area contributed by atoms with Crippen molar-refractivity contribution in [2.75, 3.05) is 12.4 Å². The largest absolute Gasteiger partial charge is 0.495 e. The molecule has 0 fully saturated rings. The van der Waals surface area contributed by atoms with Gasteiger partial charge in [-0.15, -0.1) is 0 Å². The second-order valence-corrected chi connectivity index (χ2v) is 6.06. The lowest BCUT2D eigenvalue weighted by Crippen LogP contribution is -2.33. The normalized spacial score (nSPS) is 10.5. The molecule has 2 N–H and O–H groups in total. The van der Waals surface area contributed by atoms with E-state index in [0.717, 1.165) is 23.1 Å². The molecular formula is C19H19N3O3S. The topological polar surface area (TPSA) is 76.4 Å². The van der Waals surface area contributed by atoms with Gasteiger partial charge < -0.3 is 19.8 Å². The third-order valence-electron chi connectivity index (χ3n) is 3.72. The van der Waals surface area contributed by atoms with Crippen molar-refractivity contribution in [1.29, 1.82) is 0 Å². The van der Waals surface area contributed by atoms with Crippen LogP contribution in [-0.2, 0) is 4.79 Å². The number of carbonyl (C=O) groups is 1. The number of anilines is 1. The van der Waals surface area contributed by atoms with E-state index >= 15 is 0 Å². The Labute approximate surface area is 156 Å². The van der Waals surface area contributed by atoms with Crippen LogP contribution in [0.25, 0.3) is 22.6 Å². The van der Waals surface area contributed by atoms with Crippen LogP contribution in [0.2, 0.25) is 0 Å². The van der Waals surface area contributed by atoms with Crippen molar-refractivity contribution in [2.45, 2.75) is 19.8 Å². The maximum Gasteiger partial charge on any atom is 0.227 e. The molecule has 0 spiro atoms. The van der Waals surface area contributed by atoms with E-state index in [1.807, 2.05) is 43.3 Å². The highest BCUT2D eigenvalue weighted by molar-refractivity contribution is 7.80. The van der Waals surface area contributed by atoms with Gasteiger partial charge in [0.15, 0.2) is 10.7 Å². The lowest BCUT2D eigenvalue weighted by molar-refractivity contribution is -0.119. The van der Waals surface area contributed by atoms with E-state index in [-0.39, 0.29) is 11.0 Å². The number of nitrogens with zero attached hydrogens (tertiary/aromatic N) is 1. The molecule has 2 aromatic carbocycles. The summed E-state index contributed by atoms with van der Waals surface area (Å²) in [5.41, 5.74) is 2.89. The number of rotatable bonds is 5. The summed E-state index contributed by atoms with van der Waals surface area (Å²) >= 11 is 5.21. The van der Waals surface area contributed by atoms with Gasteiger partial charge in [0.2, 0.25) is 11.8 Å². The molecule has 0 atom stereocenters. The first-order valence-electron chi connectivity index (χ1n) is 8.25. The summed E-state index contributed by atoms with van der Waals surface area (Å²) in [4.78, 5) is 16.2. The lowest BCUT2D eigenvalue weighted by Gasteiger charge is -2.13. The summed E-state index contributed by atoms with van der Waals surface area (Å²) in [6, 6.07) is 13.0. The first-order valence-corrected chi connectivity index (χ1v) is 8.66. The zero-order chi connectivity index (χ0) is 18.5. The molecule has 1 heterocycles. The monoisotopic (exact) mass is 369 g/mol. The number of benzene rings is 2. The van der Waals surface area contributed by atoms with Crippen LogP contribution in [-0.4, -0.2) is 23.1 Å². The highest BCUT2D eigenvalue weighted by Gasteiger charge is 2.13. The zero-order valence-corrected chi connectivity index (χ0v) is 15.4. The third kappa shape index (κ3) is 4.00. The minimum atomic E-state index is -0.126. The highest BCUT2D eigenvalue weighted by atomic mass is 32.1. The fraction of sp³-hybridized carbons (Fsp3) is 0.211. The van der Waals surface area contributed by atoms with E-state index in [2.05, 4.69) is 15.6 Å². The van der Waals surface area contributed by atoms with Crippen molar-refractivity contribution < 1.29 is 13.9 Å². The molecule has 6 nitrogen and oxygen atoms in total. The van der Waals surface area contributed by atoms with Gasteiger partial charge in [0.25, 0.3) is 0 Å². The van der Waals surface area contributed by atoms with E-state index in [1.165, 1.54) is 0 Å². The third-order valence-corrected chi connectivity index (χ3v) is 3.92. The molecule has 3 rings (SSSR count). The molecule has 0 unspecified atom stereocenters. The molecule has 1 amide bonds. The predicted octanol–water partition coefficient (Wildman–Crippen LogP) is 4.12. The molecule has 0 radical (unpaired) electrons. The minimum Gasteiger partial charge on any atom is -0.495 e. The summed E-state index contributed by atoms with van der Waals surface area (Å²) in [6.45, 7) is 1.93. The fourth-order valence-electron chi connectivity index (χ4n) is 2.50. The number of ether oxygens (including phenoxy) is 1. The Morgan fingerprint density at radius 2 is 2.08 bits per heavy atom. The number of aromatic nitrogens is 1. The Morgan fingerprint density at radius 3 is 2.81 bits per heavy atom. The van der Waals surface area contributed by atoms with Crippen LogP contribution in [0.15, 0.2) is 46.9 Å². The van der Waals surface area contributed by atoms with Gasteiger partial charge in [0, 0.05) is 12.0 Å². The number of carbonyl (C=O) groups excluding carboxylic acids is 1. The average Bonchev–Trinajstić information content (AvgIpc) is 3.06. The van der Waals surface area contributed by atoms with Crippen LogP contribution in [0.4, 0.5) is 5.69 Å². The van der Waals surface area contributed by atoms with Gasteiger partial charge in [0.1, 0.15) is 11.3 Å². The molecule has 0 saturated carbocycles. The number of oxazole rings is 1. The number of hydrogen-bond acceptors (Lipinski definition) is 5. The maximum atomic E-state index is 11.7. The molecule has 0 aliphatic heterocycles. The molecule has 7 heteroatoms. The minimum absolute atomic E-state index is 0.126. The second-order valence-electron chi connectivity index (χ2n) is 5.65. The van der Waals surface area contributed by atoms with Crippen molar-refractivity contribution in [3.63, 3.8) is 0 Å². The number of amides is 1. The molecule has 3 aromatic rings. The Balaban J connectivity index is 1.86. The molecule has 1 aromatic heterocycles. The average molecular weight is 369 g/mol. The summed E-state index contributed by atoms with van der Waals surface area (Å²) in [5.74, 6) is 0.967. The van der Waals surface area contributed by atoms with Crippen LogP contribution < -0.4 is 15.4 Å². The van der Waals surface area contributed by atoms with E-state index in [4.69, 9.17) is 21.4 Å². The number of nitrogens with one attached hydrogen (secondary N) is 2. The standard InChI is InChI=1S/C19H19N3O3S/c1-3-6-17(23)22-19(26)21-14-11-12(9-10-15(14)24-2)18-20-13-7-4-5-8-16(13)25-18/h4-5,7-11H,3,6H2,1-2H3,(H2,21,22,23,26). The van der Waals surface area contributed by atoms with Gasteiger partial charge in [-0.25, -0.2) is 4.98 Å². The Morgan fingerprint density at radius 1 is 1.27 bits per heavy atom. The quantitative estimate of drug-likeness (QED) is 0.659. The fourth-order valence-corrected chi connectivity index (χ4v) is 2.73. The molecule has 134 valence electrons. The van der Waals surface area contributed by atoms with Gasteiger partial charge in [0.05, 0.1) is 12.8 Å². The summed E-state index contributed by atoms with van der Waals surface area (Å²) < 4.78 is 11.2. The number of fused-ring (bicyclic) bond motifs is 1. The zero-order valence-electron chi connectivity index (χ0n) is 14.5. The van der Waals surface area contributed by atoms with Crippen molar-refractivity contribution in [2.24, 2.45) is 0 Å². The van der Waals surface area contributed by atoms with Gasteiger partial charge >= 0.3 is 0 Å². The van der Waals surface area contributed by atoms with Crippen LogP contribution in [0.1, 0.15) is 19.8 Å². The molecule has 0 bridgehead atoms.